The van der Waals surface area contributed by atoms with Crippen LogP contribution in [0.15, 0.2) is 0 Å². The standard InChI is InChI=1S/C6H15N3O3/c7-1-2-8-3-4-9-5(10)6(11)12/h5,8-10H,1-4,7H2,(H,11,12). The molecule has 6 heteroatoms. The van der Waals surface area contributed by atoms with Gasteiger partial charge in [-0.15, -0.1) is 0 Å². The fourth-order valence-electron chi connectivity index (χ4n) is 0.612. The molecule has 1 atom stereocenters. The molecule has 0 rings (SSSR count). The molecule has 0 saturated carbocycles. The number of aliphatic hydroxyl groups is 1. The van der Waals surface area contributed by atoms with Gasteiger partial charge in [0.15, 0.2) is 0 Å². The number of aliphatic hydroxyl groups excluding tert-OH is 1. The number of nitrogens with one attached hydrogen (secondary N) is 2. The molecule has 0 aliphatic rings. The molecule has 1 unspecified atom stereocenters. The zero-order chi connectivity index (χ0) is 9.40. The van der Waals surface area contributed by atoms with Gasteiger partial charge in [0, 0.05) is 26.2 Å². The van der Waals surface area contributed by atoms with Gasteiger partial charge in [-0.2, -0.15) is 0 Å². The van der Waals surface area contributed by atoms with E-state index in [1.807, 2.05) is 0 Å². The lowest BCUT2D eigenvalue weighted by Crippen LogP contribution is -2.40. The van der Waals surface area contributed by atoms with Crippen LogP contribution in [0, 0.1) is 0 Å². The molecule has 0 amide bonds. The van der Waals surface area contributed by atoms with E-state index in [0.29, 0.717) is 26.2 Å². The van der Waals surface area contributed by atoms with Crippen LogP contribution in [0.1, 0.15) is 0 Å². The second kappa shape index (κ2) is 6.99. The highest BCUT2D eigenvalue weighted by atomic mass is 16.4. The van der Waals surface area contributed by atoms with Crippen molar-refractivity contribution >= 4 is 5.97 Å². The molecule has 0 saturated heterocycles. The molecule has 0 aliphatic heterocycles. The molecule has 0 bridgehead atoms. The number of carboxylic acids is 1. The average molecular weight is 177 g/mol. The average Bonchev–Trinajstić information content (AvgIpc) is 2.03. The summed E-state index contributed by atoms with van der Waals surface area (Å²) in [6.07, 6.45) is -1.48. The topological polar surface area (TPSA) is 108 Å². The fraction of sp³-hybridized carbons (Fsp3) is 0.833. The largest absolute Gasteiger partial charge is 0.478 e. The van der Waals surface area contributed by atoms with E-state index in [1.54, 1.807) is 0 Å². The maximum absolute atomic E-state index is 10.1. The van der Waals surface area contributed by atoms with E-state index in [-0.39, 0.29) is 0 Å². The molecule has 12 heavy (non-hydrogen) atoms. The van der Waals surface area contributed by atoms with Gasteiger partial charge in [0.1, 0.15) is 0 Å². The van der Waals surface area contributed by atoms with E-state index >= 15 is 0 Å². The van der Waals surface area contributed by atoms with Crippen molar-refractivity contribution < 1.29 is 15.0 Å². The van der Waals surface area contributed by atoms with E-state index in [9.17, 15) is 4.79 Å². The van der Waals surface area contributed by atoms with Gasteiger partial charge in [0.05, 0.1) is 0 Å². The highest BCUT2D eigenvalue weighted by Gasteiger charge is 2.09. The minimum Gasteiger partial charge on any atom is -0.478 e. The zero-order valence-corrected chi connectivity index (χ0v) is 6.79. The van der Waals surface area contributed by atoms with Gasteiger partial charge in [-0.25, -0.2) is 4.79 Å². The van der Waals surface area contributed by atoms with Crippen molar-refractivity contribution in [3.63, 3.8) is 0 Å². The smallest absolute Gasteiger partial charge is 0.347 e. The molecule has 0 aromatic rings. The van der Waals surface area contributed by atoms with Crippen molar-refractivity contribution in [3.05, 3.63) is 0 Å². The Morgan fingerprint density at radius 3 is 2.58 bits per heavy atom. The summed E-state index contributed by atoms with van der Waals surface area (Å²) in [5.41, 5.74) is 5.19. The summed E-state index contributed by atoms with van der Waals surface area (Å²) in [5, 5.41) is 22.3. The van der Waals surface area contributed by atoms with Crippen LogP contribution in [0.25, 0.3) is 0 Å². The zero-order valence-electron chi connectivity index (χ0n) is 6.79. The van der Waals surface area contributed by atoms with Crippen molar-refractivity contribution in [2.45, 2.75) is 6.23 Å². The second-order valence-electron chi connectivity index (χ2n) is 2.23. The quantitative estimate of drug-likeness (QED) is 0.218. The van der Waals surface area contributed by atoms with Crippen molar-refractivity contribution in [1.82, 2.24) is 10.6 Å². The lowest BCUT2D eigenvalue weighted by atomic mass is 10.5. The summed E-state index contributed by atoms with van der Waals surface area (Å²) in [7, 11) is 0. The maximum atomic E-state index is 10.1. The van der Waals surface area contributed by atoms with E-state index < -0.39 is 12.2 Å². The van der Waals surface area contributed by atoms with Gasteiger partial charge in [0.2, 0.25) is 6.23 Å². The van der Waals surface area contributed by atoms with E-state index in [0.717, 1.165) is 0 Å². The molecule has 0 heterocycles. The van der Waals surface area contributed by atoms with Crippen molar-refractivity contribution in [2.75, 3.05) is 26.2 Å². The minimum absolute atomic E-state index is 0.396. The Kier molecular flexibility index (Phi) is 6.58. The molecule has 0 radical (unpaired) electrons. The van der Waals surface area contributed by atoms with Crippen LogP contribution in [-0.4, -0.2) is 48.6 Å². The molecule has 6 nitrogen and oxygen atoms in total. The van der Waals surface area contributed by atoms with Crippen molar-refractivity contribution in [2.24, 2.45) is 5.73 Å². The Morgan fingerprint density at radius 1 is 1.42 bits per heavy atom. The van der Waals surface area contributed by atoms with Crippen LogP contribution < -0.4 is 16.4 Å². The molecule has 72 valence electrons. The normalized spacial score (nSPS) is 12.8. The van der Waals surface area contributed by atoms with Gasteiger partial charge in [-0.1, -0.05) is 0 Å². The summed E-state index contributed by atoms with van der Waals surface area (Å²) in [5.74, 6) is -1.27. The molecule has 0 fully saturated rings. The number of hydrogen-bond acceptors (Lipinski definition) is 5. The van der Waals surface area contributed by atoms with Crippen molar-refractivity contribution in [3.8, 4) is 0 Å². The van der Waals surface area contributed by atoms with E-state index in [4.69, 9.17) is 15.9 Å². The van der Waals surface area contributed by atoms with Crippen LogP contribution in [-0.2, 0) is 4.79 Å². The monoisotopic (exact) mass is 177 g/mol. The summed E-state index contributed by atoms with van der Waals surface area (Å²) in [4.78, 5) is 10.1. The second-order valence-corrected chi connectivity index (χ2v) is 2.23. The SMILES string of the molecule is NCCNCCNC(O)C(=O)O. The van der Waals surface area contributed by atoms with E-state index in [2.05, 4.69) is 10.6 Å². The molecule has 0 aromatic carbocycles. The Hall–Kier alpha value is -0.690. The molecule has 0 aromatic heterocycles. The first-order chi connectivity index (χ1) is 5.68. The molecule has 0 spiro atoms. The highest BCUT2D eigenvalue weighted by Crippen LogP contribution is 1.73. The third-order valence-electron chi connectivity index (χ3n) is 1.19. The van der Waals surface area contributed by atoms with Crippen LogP contribution in [0.4, 0.5) is 0 Å². The number of carbonyl (C=O) groups is 1. The summed E-state index contributed by atoms with van der Waals surface area (Å²) in [6.45, 7) is 2.21. The predicted octanol–water partition coefficient (Wildman–Crippen LogP) is -2.47. The predicted molar refractivity (Wildman–Crippen MR) is 43.6 cm³/mol. The summed E-state index contributed by atoms with van der Waals surface area (Å²) >= 11 is 0. The first-order valence-electron chi connectivity index (χ1n) is 3.73. The lowest BCUT2D eigenvalue weighted by Gasteiger charge is -2.07. The van der Waals surface area contributed by atoms with Gasteiger partial charge >= 0.3 is 5.97 Å². The number of aliphatic carboxylic acids is 1. The third-order valence-corrected chi connectivity index (χ3v) is 1.19. The first-order valence-corrected chi connectivity index (χ1v) is 3.73. The van der Waals surface area contributed by atoms with Crippen LogP contribution in [0.2, 0.25) is 0 Å². The Bertz CT molecular complexity index is 131. The van der Waals surface area contributed by atoms with Gasteiger partial charge in [-0.05, 0) is 0 Å². The molecular formula is C6H15N3O3. The first kappa shape index (κ1) is 11.3. The Balaban J connectivity index is 3.14. The number of carboxylic acid groups (broad SMARTS) is 1. The Labute approximate surface area is 70.8 Å². The van der Waals surface area contributed by atoms with Crippen LogP contribution in [0.5, 0.6) is 0 Å². The van der Waals surface area contributed by atoms with E-state index in [1.165, 1.54) is 0 Å². The number of nitrogens with two attached hydrogens (primary N) is 1. The number of hydrogen-bond donors (Lipinski definition) is 5. The number of rotatable bonds is 7. The Morgan fingerprint density at radius 2 is 2.08 bits per heavy atom. The van der Waals surface area contributed by atoms with Crippen molar-refractivity contribution in [1.29, 1.82) is 0 Å². The molecular weight excluding hydrogens is 162 g/mol. The fourth-order valence-corrected chi connectivity index (χ4v) is 0.612. The lowest BCUT2D eigenvalue weighted by molar-refractivity contribution is -0.148. The highest BCUT2D eigenvalue weighted by molar-refractivity contribution is 5.71. The molecule has 0 aliphatic carbocycles. The van der Waals surface area contributed by atoms with Gasteiger partial charge in [0.25, 0.3) is 0 Å². The van der Waals surface area contributed by atoms with Gasteiger partial charge < -0.3 is 21.3 Å². The summed E-state index contributed by atoms with van der Waals surface area (Å²) < 4.78 is 0. The third kappa shape index (κ3) is 6.05. The van der Waals surface area contributed by atoms with Crippen LogP contribution >= 0.6 is 0 Å². The van der Waals surface area contributed by atoms with Gasteiger partial charge in [-0.3, -0.25) is 5.32 Å². The maximum Gasteiger partial charge on any atom is 0.347 e. The minimum atomic E-state index is -1.48. The summed E-state index contributed by atoms with van der Waals surface area (Å²) in [6, 6.07) is 0. The van der Waals surface area contributed by atoms with Crippen LogP contribution in [0.3, 0.4) is 0 Å². The molecule has 6 N–H and O–H groups in total.